The van der Waals surface area contributed by atoms with Crippen molar-refractivity contribution < 1.29 is 19.1 Å². The van der Waals surface area contributed by atoms with Gasteiger partial charge in [0, 0.05) is 12.6 Å². The average molecular weight is 504 g/mol. The number of benzene rings is 1. The number of alkyl carbamates (subject to hydrolysis) is 1. The number of carbonyl (C=O) groups is 3. The molecule has 1 aromatic carbocycles. The van der Waals surface area contributed by atoms with Crippen LogP contribution in [0.5, 0.6) is 0 Å². The van der Waals surface area contributed by atoms with Gasteiger partial charge in [-0.15, -0.1) is 0 Å². The molecule has 1 rings (SSSR count). The monoisotopic (exact) mass is 503 g/mol. The minimum Gasteiger partial charge on any atom is -0.444 e. The van der Waals surface area contributed by atoms with Crippen molar-refractivity contribution in [3.8, 4) is 12.5 Å². The summed E-state index contributed by atoms with van der Waals surface area (Å²) in [5, 5.41) is 5.59. The molecule has 0 fully saturated rings. The van der Waals surface area contributed by atoms with Crippen LogP contribution in [0.1, 0.15) is 76.1 Å². The lowest BCUT2D eigenvalue weighted by atomic mass is 9.98. The summed E-state index contributed by atoms with van der Waals surface area (Å²) in [6.07, 6.45) is 10.2. The summed E-state index contributed by atoms with van der Waals surface area (Å²) in [7, 11) is 0. The van der Waals surface area contributed by atoms with Gasteiger partial charge in [-0.2, -0.15) is 11.8 Å². The van der Waals surface area contributed by atoms with Gasteiger partial charge in [0.25, 0.3) is 5.91 Å². The molecule has 0 saturated heterocycles. The number of unbranched alkanes of at least 4 members (excludes halogenated alkanes) is 2. The van der Waals surface area contributed by atoms with Crippen LogP contribution < -0.4 is 10.6 Å². The molecule has 194 valence electrons. The number of nitrogens with zero attached hydrogens (tertiary/aromatic N) is 1. The second-order valence-corrected chi connectivity index (χ2v) is 10.6. The van der Waals surface area contributed by atoms with Gasteiger partial charge in [0.2, 0.25) is 5.91 Å². The van der Waals surface area contributed by atoms with E-state index in [0.717, 1.165) is 35.3 Å². The van der Waals surface area contributed by atoms with Crippen LogP contribution in [0.25, 0.3) is 0 Å². The Hall–Kier alpha value is -2.66. The first-order chi connectivity index (χ1) is 16.4. The second kappa shape index (κ2) is 14.7. The van der Waals surface area contributed by atoms with Crippen LogP contribution in [0.15, 0.2) is 18.2 Å². The number of nitrogens with one attached hydrogen (secondary N) is 2. The molecule has 7 nitrogen and oxygen atoms in total. The van der Waals surface area contributed by atoms with Gasteiger partial charge < -0.3 is 15.4 Å². The molecule has 2 N–H and O–H groups in total. The van der Waals surface area contributed by atoms with E-state index < -0.39 is 29.7 Å². The highest BCUT2D eigenvalue weighted by molar-refractivity contribution is 7.98. The predicted octanol–water partition coefficient (Wildman–Crippen LogP) is 4.72. The van der Waals surface area contributed by atoms with Crippen molar-refractivity contribution in [3.63, 3.8) is 0 Å². The Labute approximate surface area is 215 Å². The third-order valence-corrected chi connectivity index (χ3v) is 5.77. The summed E-state index contributed by atoms with van der Waals surface area (Å²) in [6, 6.07) is 6.18. The van der Waals surface area contributed by atoms with Crippen LogP contribution in [0.3, 0.4) is 0 Å². The molecule has 0 saturated carbocycles. The summed E-state index contributed by atoms with van der Waals surface area (Å²) in [5.74, 6) is -0.263. The number of aryl methyl sites for hydroxylation is 2. The van der Waals surface area contributed by atoms with Gasteiger partial charge in [-0.3, -0.25) is 14.5 Å². The van der Waals surface area contributed by atoms with Crippen molar-refractivity contribution in [1.82, 2.24) is 15.5 Å². The Morgan fingerprint density at radius 2 is 1.77 bits per heavy atom. The maximum Gasteiger partial charge on any atom is 0.408 e. The summed E-state index contributed by atoms with van der Waals surface area (Å²) >= 11 is 1.54. The van der Waals surface area contributed by atoms with Crippen LogP contribution in [-0.2, 0) is 14.3 Å². The predicted molar refractivity (Wildman–Crippen MR) is 143 cm³/mol. The van der Waals surface area contributed by atoms with Gasteiger partial charge in [-0.05, 0) is 65.0 Å². The van der Waals surface area contributed by atoms with E-state index in [1.54, 1.807) is 32.5 Å². The van der Waals surface area contributed by atoms with Crippen molar-refractivity contribution in [3.05, 3.63) is 34.9 Å². The number of rotatable bonds is 12. The summed E-state index contributed by atoms with van der Waals surface area (Å²) in [6.45, 7) is 11.7. The standard InChI is InChI=1S/C27H41N3O4S/c1-9-11-12-14-28-24(31)23(21-17-19(3)16-20(4)18-21)30(10-2)25(32)22(13-15-35-8)29-26(33)34-27(5,6)7/h2,16-18,22-23H,9,11-15H2,1,3-8H3,(H,28,31)(H,29,33). The lowest BCUT2D eigenvalue weighted by molar-refractivity contribution is -0.138. The fourth-order valence-corrected chi connectivity index (χ4v) is 4.12. The topological polar surface area (TPSA) is 87.7 Å². The Kier molecular flexibility index (Phi) is 12.7. The maximum absolute atomic E-state index is 13.7. The Morgan fingerprint density at radius 1 is 1.14 bits per heavy atom. The largest absolute Gasteiger partial charge is 0.444 e. The smallest absolute Gasteiger partial charge is 0.408 e. The minimum absolute atomic E-state index is 0.342. The van der Waals surface area contributed by atoms with E-state index in [0.29, 0.717) is 24.3 Å². The van der Waals surface area contributed by atoms with Gasteiger partial charge in [0.15, 0.2) is 0 Å². The molecule has 0 aliphatic rings. The molecule has 8 heteroatoms. The Bertz CT molecular complexity index is 884. The van der Waals surface area contributed by atoms with Crippen molar-refractivity contribution in [1.29, 1.82) is 0 Å². The van der Waals surface area contributed by atoms with E-state index in [-0.39, 0.29) is 5.91 Å². The minimum atomic E-state index is -1.02. The second-order valence-electron chi connectivity index (χ2n) is 9.64. The molecule has 1 aromatic rings. The van der Waals surface area contributed by atoms with Crippen LogP contribution in [0.2, 0.25) is 0 Å². The molecule has 0 spiro atoms. The number of carbonyl (C=O) groups excluding carboxylic acids is 3. The molecule has 2 unspecified atom stereocenters. The molecule has 0 aliphatic heterocycles. The van der Waals surface area contributed by atoms with Crippen LogP contribution in [-0.4, -0.2) is 53.0 Å². The lowest BCUT2D eigenvalue weighted by Gasteiger charge is -2.30. The van der Waals surface area contributed by atoms with Crippen molar-refractivity contribution >= 4 is 29.7 Å². The number of ether oxygens (including phenoxy) is 1. The van der Waals surface area contributed by atoms with Crippen LogP contribution >= 0.6 is 11.8 Å². The van der Waals surface area contributed by atoms with Crippen LogP contribution in [0.4, 0.5) is 4.79 Å². The van der Waals surface area contributed by atoms with E-state index in [1.165, 1.54) is 0 Å². The number of amides is 3. The van der Waals surface area contributed by atoms with E-state index >= 15 is 0 Å². The zero-order chi connectivity index (χ0) is 26.6. The fourth-order valence-electron chi connectivity index (χ4n) is 3.64. The molecule has 0 heterocycles. The van der Waals surface area contributed by atoms with E-state index in [1.807, 2.05) is 38.3 Å². The molecule has 0 radical (unpaired) electrons. The van der Waals surface area contributed by atoms with Crippen LogP contribution in [0, 0.1) is 26.3 Å². The SMILES string of the molecule is C#CN(C(=O)C(CCSC)NC(=O)OC(C)(C)C)C(C(=O)NCCCCC)c1cc(C)cc(C)c1. The normalized spacial score (nSPS) is 12.7. The first-order valence-electron chi connectivity index (χ1n) is 12.1. The van der Waals surface area contributed by atoms with E-state index in [2.05, 4.69) is 23.6 Å². The van der Waals surface area contributed by atoms with Gasteiger partial charge in [0.1, 0.15) is 17.7 Å². The van der Waals surface area contributed by atoms with E-state index in [4.69, 9.17) is 11.2 Å². The quantitative estimate of drug-likeness (QED) is 0.245. The van der Waals surface area contributed by atoms with E-state index in [9.17, 15) is 14.4 Å². The summed E-state index contributed by atoms with van der Waals surface area (Å²) in [4.78, 5) is 40.6. The number of hydrogen-bond acceptors (Lipinski definition) is 5. The molecule has 0 bridgehead atoms. The summed E-state index contributed by atoms with van der Waals surface area (Å²) < 4.78 is 5.35. The highest BCUT2D eigenvalue weighted by atomic mass is 32.2. The molecular formula is C27H41N3O4S. The molecule has 0 aromatic heterocycles. The molecule has 35 heavy (non-hydrogen) atoms. The highest BCUT2D eigenvalue weighted by Crippen LogP contribution is 2.25. The zero-order valence-electron chi connectivity index (χ0n) is 22.2. The number of terminal acetylenes is 1. The Morgan fingerprint density at radius 3 is 2.29 bits per heavy atom. The molecule has 3 amide bonds. The van der Waals surface area contributed by atoms with Crippen molar-refractivity contribution in [2.45, 2.75) is 84.9 Å². The van der Waals surface area contributed by atoms with Gasteiger partial charge in [-0.1, -0.05) is 55.5 Å². The lowest BCUT2D eigenvalue weighted by Crippen LogP contribution is -2.51. The zero-order valence-corrected chi connectivity index (χ0v) is 23.0. The number of hydrogen-bond donors (Lipinski definition) is 2. The Balaban J connectivity index is 3.33. The molecule has 0 aliphatic carbocycles. The fraction of sp³-hybridized carbons (Fsp3) is 0.593. The first-order valence-corrected chi connectivity index (χ1v) is 13.5. The van der Waals surface area contributed by atoms with Gasteiger partial charge >= 0.3 is 6.09 Å². The molecular weight excluding hydrogens is 462 g/mol. The highest BCUT2D eigenvalue weighted by Gasteiger charge is 2.35. The number of thioether (sulfide) groups is 1. The third kappa shape index (κ3) is 10.6. The van der Waals surface area contributed by atoms with Gasteiger partial charge in [0.05, 0.1) is 0 Å². The summed E-state index contributed by atoms with van der Waals surface area (Å²) in [5.41, 5.74) is 1.82. The average Bonchev–Trinajstić information content (AvgIpc) is 2.75. The van der Waals surface area contributed by atoms with Crippen molar-refractivity contribution in [2.75, 3.05) is 18.6 Å². The third-order valence-electron chi connectivity index (χ3n) is 5.12. The van der Waals surface area contributed by atoms with Crippen molar-refractivity contribution in [2.24, 2.45) is 0 Å². The maximum atomic E-state index is 13.7. The molecule has 2 atom stereocenters. The van der Waals surface area contributed by atoms with Gasteiger partial charge in [-0.25, -0.2) is 4.79 Å². The first kappa shape index (κ1) is 30.4.